The quantitative estimate of drug-likeness (QED) is 0.315. The van der Waals surface area contributed by atoms with Gasteiger partial charge in [0.25, 0.3) is 0 Å². The van der Waals surface area contributed by atoms with E-state index in [0.717, 1.165) is 17.5 Å². The first-order chi connectivity index (χ1) is 11.5. The van der Waals surface area contributed by atoms with Gasteiger partial charge in [0.05, 0.1) is 0 Å². The predicted octanol–water partition coefficient (Wildman–Crippen LogP) is 4.08. The molecule has 0 saturated heterocycles. The molecule has 3 rings (SSSR count). The highest BCUT2D eigenvalue weighted by Crippen LogP contribution is 2.38. The molecule has 0 heterocycles. The van der Waals surface area contributed by atoms with Crippen LogP contribution in [0, 0.1) is 6.92 Å². The number of aryl methyl sites for hydroxylation is 1. The minimum atomic E-state index is -0.534. The van der Waals surface area contributed by atoms with Crippen molar-refractivity contribution in [3.63, 3.8) is 0 Å². The van der Waals surface area contributed by atoms with Crippen LogP contribution in [0.1, 0.15) is 47.3 Å². The molecule has 2 aromatic carbocycles. The van der Waals surface area contributed by atoms with Gasteiger partial charge in [-0.1, -0.05) is 36.3 Å². The number of ketones is 1. The summed E-state index contributed by atoms with van der Waals surface area (Å²) in [5.74, 6) is -0.734. The highest BCUT2D eigenvalue weighted by Gasteiger charge is 2.23. The summed E-state index contributed by atoms with van der Waals surface area (Å²) in [5, 5.41) is 3.70. The van der Waals surface area contributed by atoms with Crippen LogP contribution in [0.2, 0.25) is 0 Å². The Morgan fingerprint density at radius 2 is 1.92 bits per heavy atom. The van der Waals surface area contributed by atoms with Crippen molar-refractivity contribution in [2.24, 2.45) is 5.16 Å². The van der Waals surface area contributed by atoms with Crippen LogP contribution in [0.15, 0.2) is 41.6 Å². The smallest absolute Gasteiger partial charge is 0.318 e. The van der Waals surface area contributed by atoms with E-state index < -0.39 is 5.97 Å². The predicted molar refractivity (Wildman–Crippen MR) is 93.2 cm³/mol. The molecule has 0 saturated carbocycles. The minimum Gasteiger partial charge on any atom is -0.318 e. The van der Waals surface area contributed by atoms with E-state index >= 15 is 0 Å². The molecule has 0 spiro atoms. The zero-order valence-corrected chi connectivity index (χ0v) is 14.1. The minimum absolute atomic E-state index is 0.200. The fourth-order valence-electron chi connectivity index (χ4n) is 3.10. The average Bonchev–Trinajstić information content (AvgIpc) is 2.94. The van der Waals surface area contributed by atoms with Gasteiger partial charge >= 0.3 is 5.97 Å². The van der Waals surface area contributed by atoms with Gasteiger partial charge < -0.3 is 4.84 Å². The Kier molecular flexibility index (Phi) is 4.30. The lowest BCUT2D eigenvalue weighted by atomic mass is 9.95. The third kappa shape index (κ3) is 2.87. The van der Waals surface area contributed by atoms with Crippen molar-refractivity contribution in [3.8, 4) is 11.1 Å². The largest absolute Gasteiger partial charge is 0.331 e. The second-order valence-corrected chi connectivity index (χ2v) is 5.96. The fourth-order valence-corrected chi connectivity index (χ4v) is 3.10. The van der Waals surface area contributed by atoms with E-state index in [1.807, 2.05) is 38.1 Å². The molecule has 0 unspecified atom stereocenters. The molecule has 0 atom stereocenters. The number of fused-ring (bicyclic) bond motifs is 3. The molecule has 1 aliphatic rings. The van der Waals surface area contributed by atoms with Crippen LogP contribution >= 0.6 is 0 Å². The monoisotopic (exact) mass is 321 g/mol. The van der Waals surface area contributed by atoms with Gasteiger partial charge in [-0.15, -0.1) is 0 Å². The van der Waals surface area contributed by atoms with Gasteiger partial charge in [-0.25, -0.2) is 4.79 Å². The normalized spacial score (nSPS) is 12.5. The van der Waals surface area contributed by atoms with E-state index in [9.17, 15) is 9.59 Å². The van der Waals surface area contributed by atoms with E-state index in [4.69, 9.17) is 0 Å². The van der Waals surface area contributed by atoms with Crippen LogP contribution < -0.4 is 0 Å². The summed E-state index contributed by atoms with van der Waals surface area (Å²) in [6.07, 6.45) is 1.30. The Labute approximate surface area is 141 Å². The van der Waals surface area contributed by atoms with Crippen molar-refractivity contribution < 1.29 is 14.4 Å². The molecule has 24 heavy (non-hydrogen) atoms. The second kappa shape index (κ2) is 6.40. The lowest BCUT2D eigenvalue weighted by Crippen LogP contribution is -2.15. The van der Waals surface area contributed by atoms with Gasteiger partial charge in [0.15, 0.2) is 0 Å². The van der Waals surface area contributed by atoms with Crippen LogP contribution in [0.3, 0.4) is 0 Å². The summed E-state index contributed by atoms with van der Waals surface area (Å²) in [6, 6.07) is 12.1. The molecule has 0 fully saturated rings. The maximum atomic E-state index is 12.7. The zero-order valence-electron chi connectivity index (χ0n) is 14.1. The highest BCUT2D eigenvalue weighted by molar-refractivity contribution is 6.46. The standard InChI is InChI=1S/C20H19NO3/c1-4-19(21-24-13(3)22)20(23)15-9-12(2)17-10-14-7-5-6-8-16(14)18(17)11-15/h5-9,11H,4,10H2,1-3H3. The van der Waals surface area contributed by atoms with Gasteiger partial charge in [-0.2, -0.15) is 0 Å². The first kappa shape index (κ1) is 16.1. The van der Waals surface area contributed by atoms with Crippen molar-refractivity contribution in [3.05, 3.63) is 58.7 Å². The third-order valence-corrected chi connectivity index (χ3v) is 4.29. The van der Waals surface area contributed by atoms with Crippen molar-refractivity contribution in [2.45, 2.75) is 33.6 Å². The molecule has 0 bridgehead atoms. The number of rotatable bonds is 4. The number of Topliss-reactive ketones (excluding diaryl/α,β-unsaturated/α-hetero) is 1. The first-order valence-electron chi connectivity index (χ1n) is 8.02. The van der Waals surface area contributed by atoms with Crippen molar-refractivity contribution >= 4 is 17.5 Å². The topological polar surface area (TPSA) is 55.7 Å². The maximum Gasteiger partial charge on any atom is 0.331 e. The van der Waals surface area contributed by atoms with Gasteiger partial charge in [0.1, 0.15) is 5.71 Å². The van der Waals surface area contributed by atoms with Crippen LogP contribution in [0.4, 0.5) is 0 Å². The van der Waals surface area contributed by atoms with Crippen LogP contribution in [0.25, 0.3) is 11.1 Å². The molecule has 0 radical (unpaired) electrons. The maximum absolute atomic E-state index is 12.7. The number of oxime groups is 1. The zero-order chi connectivity index (χ0) is 17.3. The summed E-state index contributed by atoms with van der Waals surface area (Å²) in [5.41, 5.74) is 6.76. The molecule has 4 nitrogen and oxygen atoms in total. The molecule has 2 aromatic rings. The molecule has 0 N–H and O–H groups in total. The third-order valence-electron chi connectivity index (χ3n) is 4.29. The lowest BCUT2D eigenvalue weighted by molar-refractivity contribution is -0.140. The molecular weight excluding hydrogens is 302 g/mol. The number of benzene rings is 2. The average molecular weight is 321 g/mol. The van der Waals surface area contributed by atoms with Gasteiger partial charge in [0, 0.05) is 12.5 Å². The molecular formula is C20H19NO3. The van der Waals surface area contributed by atoms with E-state index in [2.05, 4.69) is 22.1 Å². The van der Waals surface area contributed by atoms with Crippen molar-refractivity contribution in [2.75, 3.05) is 0 Å². The Balaban J connectivity index is 2.02. The summed E-state index contributed by atoms with van der Waals surface area (Å²) >= 11 is 0. The Hall–Kier alpha value is -2.75. The number of nitrogens with zero attached hydrogens (tertiary/aromatic N) is 1. The number of carbonyl (C=O) groups excluding carboxylic acids is 2. The number of carbonyl (C=O) groups is 2. The first-order valence-corrected chi connectivity index (χ1v) is 8.02. The Bertz CT molecular complexity index is 865. The van der Waals surface area contributed by atoms with Gasteiger partial charge in [0.2, 0.25) is 5.78 Å². The number of hydrogen-bond acceptors (Lipinski definition) is 4. The summed E-state index contributed by atoms with van der Waals surface area (Å²) in [4.78, 5) is 28.3. The SMILES string of the molecule is CCC(=NOC(C)=O)C(=O)c1cc(C)c2c(c1)-c1ccccc1C2. The molecule has 0 amide bonds. The highest BCUT2D eigenvalue weighted by atomic mass is 16.7. The van der Waals surface area contributed by atoms with Crippen molar-refractivity contribution in [1.82, 2.24) is 0 Å². The van der Waals surface area contributed by atoms with E-state index in [-0.39, 0.29) is 11.5 Å². The van der Waals surface area contributed by atoms with E-state index in [0.29, 0.717) is 12.0 Å². The molecule has 0 aromatic heterocycles. The van der Waals surface area contributed by atoms with Gasteiger partial charge in [-0.05, 0) is 59.7 Å². The summed E-state index contributed by atoms with van der Waals surface area (Å²) < 4.78 is 0. The fraction of sp³-hybridized carbons (Fsp3) is 0.250. The summed E-state index contributed by atoms with van der Waals surface area (Å²) in [7, 11) is 0. The summed E-state index contributed by atoms with van der Waals surface area (Å²) in [6.45, 7) is 5.10. The second-order valence-electron chi connectivity index (χ2n) is 5.96. The number of hydrogen-bond donors (Lipinski definition) is 0. The van der Waals surface area contributed by atoms with Crippen LogP contribution in [0.5, 0.6) is 0 Å². The molecule has 122 valence electrons. The molecule has 4 heteroatoms. The van der Waals surface area contributed by atoms with Gasteiger partial charge in [-0.3, -0.25) is 4.79 Å². The molecule has 1 aliphatic carbocycles. The van der Waals surface area contributed by atoms with E-state index in [1.165, 1.54) is 23.6 Å². The van der Waals surface area contributed by atoms with Crippen LogP contribution in [-0.4, -0.2) is 17.5 Å². The molecule has 0 aliphatic heterocycles. The van der Waals surface area contributed by atoms with E-state index in [1.54, 1.807) is 0 Å². The Morgan fingerprint density at radius 3 is 2.62 bits per heavy atom. The Morgan fingerprint density at radius 1 is 1.17 bits per heavy atom. The van der Waals surface area contributed by atoms with Crippen molar-refractivity contribution in [1.29, 1.82) is 0 Å². The van der Waals surface area contributed by atoms with Crippen LogP contribution in [-0.2, 0) is 16.1 Å². The lowest BCUT2D eigenvalue weighted by Gasteiger charge is -2.09.